The van der Waals surface area contributed by atoms with Gasteiger partial charge in [-0.3, -0.25) is 15.0 Å². The minimum absolute atomic E-state index is 0.106. The Kier molecular flexibility index (Phi) is 5.10. The van der Waals surface area contributed by atoms with E-state index in [4.69, 9.17) is 0 Å². The van der Waals surface area contributed by atoms with Crippen molar-refractivity contribution in [3.05, 3.63) is 27.9 Å². The number of hydrogen-bond donors (Lipinski definition) is 0. The molecule has 2 aliphatic heterocycles. The van der Waals surface area contributed by atoms with Crippen molar-refractivity contribution in [3.63, 3.8) is 0 Å². The first-order valence-corrected chi connectivity index (χ1v) is 8.75. The van der Waals surface area contributed by atoms with Gasteiger partial charge in [0.05, 0.1) is 4.92 Å². The molecule has 2 aliphatic rings. The van der Waals surface area contributed by atoms with Crippen molar-refractivity contribution in [2.75, 3.05) is 31.1 Å². The Morgan fingerprint density at radius 3 is 2.57 bits per heavy atom. The van der Waals surface area contributed by atoms with Gasteiger partial charge >= 0.3 is 0 Å². The van der Waals surface area contributed by atoms with Crippen molar-refractivity contribution in [1.29, 1.82) is 0 Å². The average Bonchev–Trinajstić information content (AvgIpc) is 2.84. The average molecular weight is 318 g/mol. The third-order valence-corrected chi connectivity index (χ3v) is 5.14. The summed E-state index contributed by atoms with van der Waals surface area (Å²) in [5.74, 6) is 0.882. The van der Waals surface area contributed by atoms with Gasteiger partial charge in [-0.1, -0.05) is 12.8 Å². The third kappa shape index (κ3) is 3.80. The van der Waals surface area contributed by atoms with Crippen molar-refractivity contribution < 1.29 is 4.92 Å². The van der Waals surface area contributed by atoms with Crippen LogP contribution in [0.2, 0.25) is 0 Å². The topological polar surface area (TPSA) is 62.5 Å². The number of piperidine rings is 1. The van der Waals surface area contributed by atoms with E-state index in [-0.39, 0.29) is 10.6 Å². The molecular weight excluding hydrogens is 292 g/mol. The summed E-state index contributed by atoms with van der Waals surface area (Å²) in [5, 5.41) is 10.9. The molecule has 1 aromatic heterocycles. The molecule has 23 heavy (non-hydrogen) atoms. The maximum absolute atomic E-state index is 10.9. The standard InChI is InChI=1S/C17H26N4O2/c1-14-11-17(18-12-16(14)21(22)23)20-10-6-7-15(13-20)19-8-4-2-3-5-9-19/h11-12,15H,2-10,13H2,1H3. The molecule has 0 N–H and O–H groups in total. The first kappa shape index (κ1) is 16.2. The number of likely N-dealkylation sites (tertiary alicyclic amines) is 1. The number of anilines is 1. The van der Waals surface area contributed by atoms with Gasteiger partial charge in [0.25, 0.3) is 5.69 Å². The van der Waals surface area contributed by atoms with Crippen LogP contribution in [0.3, 0.4) is 0 Å². The maximum Gasteiger partial charge on any atom is 0.290 e. The van der Waals surface area contributed by atoms with E-state index in [0.29, 0.717) is 11.6 Å². The van der Waals surface area contributed by atoms with Gasteiger partial charge in [-0.25, -0.2) is 4.98 Å². The molecule has 6 nitrogen and oxygen atoms in total. The summed E-state index contributed by atoms with van der Waals surface area (Å²) >= 11 is 0. The molecule has 3 heterocycles. The van der Waals surface area contributed by atoms with E-state index < -0.39 is 0 Å². The Labute approximate surface area is 137 Å². The van der Waals surface area contributed by atoms with Crippen LogP contribution in [0.15, 0.2) is 12.3 Å². The molecule has 0 spiro atoms. The number of nitro groups is 1. The third-order valence-electron chi connectivity index (χ3n) is 5.14. The summed E-state index contributed by atoms with van der Waals surface area (Å²) in [6.07, 6.45) is 9.16. The van der Waals surface area contributed by atoms with Crippen molar-refractivity contribution in [2.45, 2.75) is 51.5 Å². The minimum atomic E-state index is -0.359. The van der Waals surface area contributed by atoms with E-state index in [1.165, 1.54) is 57.8 Å². The number of pyridine rings is 1. The van der Waals surface area contributed by atoms with Gasteiger partial charge in [-0.2, -0.15) is 0 Å². The predicted octanol–water partition coefficient (Wildman–Crippen LogP) is 3.14. The zero-order chi connectivity index (χ0) is 16.2. The minimum Gasteiger partial charge on any atom is -0.355 e. The molecule has 2 saturated heterocycles. The molecule has 126 valence electrons. The molecule has 0 aliphatic carbocycles. The van der Waals surface area contributed by atoms with Gasteiger partial charge in [0.1, 0.15) is 12.0 Å². The molecule has 1 atom stereocenters. The quantitative estimate of drug-likeness (QED) is 0.633. The zero-order valence-corrected chi connectivity index (χ0v) is 13.9. The highest BCUT2D eigenvalue weighted by Crippen LogP contribution is 2.26. The summed E-state index contributed by atoms with van der Waals surface area (Å²) in [6.45, 7) is 6.20. The second kappa shape index (κ2) is 7.25. The van der Waals surface area contributed by atoms with E-state index in [1.807, 2.05) is 6.07 Å². The Bertz CT molecular complexity index is 556. The first-order valence-electron chi connectivity index (χ1n) is 8.75. The monoisotopic (exact) mass is 318 g/mol. The number of aromatic nitrogens is 1. The number of aryl methyl sites for hydroxylation is 1. The Hall–Kier alpha value is -1.69. The normalized spacial score (nSPS) is 23.5. The summed E-state index contributed by atoms with van der Waals surface area (Å²) in [5.41, 5.74) is 0.798. The Balaban J connectivity index is 1.70. The van der Waals surface area contributed by atoms with Gasteiger partial charge in [-0.05, 0) is 51.8 Å². The van der Waals surface area contributed by atoms with E-state index >= 15 is 0 Å². The molecule has 0 radical (unpaired) electrons. The highest BCUT2D eigenvalue weighted by molar-refractivity contribution is 5.49. The summed E-state index contributed by atoms with van der Waals surface area (Å²) in [4.78, 5) is 19.9. The fraction of sp³-hybridized carbons (Fsp3) is 0.706. The van der Waals surface area contributed by atoms with Crippen LogP contribution >= 0.6 is 0 Å². The van der Waals surface area contributed by atoms with Crippen LogP contribution in [-0.4, -0.2) is 47.0 Å². The predicted molar refractivity (Wildman–Crippen MR) is 90.9 cm³/mol. The number of hydrogen-bond acceptors (Lipinski definition) is 5. The van der Waals surface area contributed by atoms with Gasteiger partial charge < -0.3 is 4.90 Å². The molecule has 2 fully saturated rings. The van der Waals surface area contributed by atoms with Gasteiger partial charge in [0.2, 0.25) is 0 Å². The van der Waals surface area contributed by atoms with Crippen LogP contribution in [0.25, 0.3) is 0 Å². The van der Waals surface area contributed by atoms with Crippen LogP contribution in [-0.2, 0) is 0 Å². The van der Waals surface area contributed by atoms with Gasteiger partial charge in [-0.15, -0.1) is 0 Å². The van der Waals surface area contributed by atoms with Gasteiger partial charge in [0, 0.05) is 24.7 Å². The lowest BCUT2D eigenvalue weighted by atomic mass is 10.0. The largest absolute Gasteiger partial charge is 0.355 e. The Morgan fingerprint density at radius 1 is 1.17 bits per heavy atom. The highest BCUT2D eigenvalue weighted by atomic mass is 16.6. The molecule has 3 rings (SSSR count). The molecule has 1 aromatic rings. The molecule has 0 bridgehead atoms. The van der Waals surface area contributed by atoms with Crippen molar-refractivity contribution >= 4 is 11.5 Å². The van der Waals surface area contributed by atoms with Crippen LogP contribution in [0, 0.1) is 17.0 Å². The number of nitrogens with zero attached hydrogens (tertiary/aromatic N) is 4. The van der Waals surface area contributed by atoms with E-state index in [0.717, 1.165) is 18.9 Å². The second-order valence-corrected chi connectivity index (χ2v) is 6.78. The van der Waals surface area contributed by atoms with Gasteiger partial charge in [0.15, 0.2) is 0 Å². The number of rotatable bonds is 3. The van der Waals surface area contributed by atoms with Crippen molar-refractivity contribution in [2.24, 2.45) is 0 Å². The summed E-state index contributed by atoms with van der Waals surface area (Å²) in [7, 11) is 0. The SMILES string of the molecule is Cc1cc(N2CCCC(N3CCCCCC3)C2)ncc1[N+](=O)[O-]. The Morgan fingerprint density at radius 2 is 1.91 bits per heavy atom. The zero-order valence-electron chi connectivity index (χ0n) is 13.9. The maximum atomic E-state index is 10.9. The van der Waals surface area contributed by atoms with Crippen LogP contribution in [0.4, 0.5) is 11.5 Å². The molecule has 0 saturated carbocycles. The fourth-order valence-electron chi connectivity index (χ4n) is 3.82. The second-order valence-electron chi connectivity index (χ2n) is 6.78. The van der Waals surface area contributed by atoms with Crippen molar-refractivity contribution in [3.8, 4) is 0 Å². The van der Waals surface area contributed by atoms with Crippen LogP contribution in [0.5, 0.6) is 0 Å². The highest BCUT2D eigenvalue weighted by Gasteiger charge is 2.27. The van der Waals surface area contributed by atoms with E-state index in [1.54, 1.807) is 6.92 Å². The molecule has 0 aromatic carbocycles. The van der Waals surface area contributed by atoms with E-state index in [2.05, 4.69) is 14.8 Å². The van der Waals surface area contributed by atoms with E-state index in [9.17, 15) is 10.1 Å². The first-order chi connectivity index (χ1) is 11.1. The molecule has 0 amide bonds. The lowest BCUT2D eigenvalue weighted by Crippen LogP contribution is -2.48. The molecular formula is C17H26N4O2. The smallest absolute Gasteiger partial charge is 0.290 e. The van der Waals surface area contributed by atoms with Crippen molar-refractivity contribution in [1.82, 2.24) is 9.88 Å². The molecule has 6 heteroatoms. The molecule has 1 unspecified atom stereocenters. The lowest BCUT2D eigenvalue weighted by molar-refractivity contribution is -0.385. The fourth-order valence-corrected chi connectivity index (χ4v) is 3.82. The van der Waals surface area contributed by atoms with Crippen LogP contribution < -0.4 is 4.90 Å². The summed E-state index contributed by atoms with van der Waals surface area (Å²) < 4.78 is 0. The lowest BCUT2D eigenvalue weighted by Gasteiger charge is -2.39. The summed E-state index contributed by atoms with van der Waals surface area (Å²) in [6, 6.07) is 2.46. The van der Waals surface area contributed by atoms with Crippen LogP contribution in [0.1, 0.15) is 44.1 Å².